The van der Waals surface area contributed by atoms with Crippen LogP contribution in [0.1, 0.15) is 12.7 Å². The van der Waals surface area contributed by atoms with Gasteiger partial charge < -0.3 is 15.0 Å². The van der Waals surface area contributed by atoms with Crippen molar-refractivity contribution in [2.45, 2.75) is 12.7 Å². The lowest BCUT2D eigenvalue weighted by Gasteiger charge is -2.03. The fourth-order valence-corrected chi connectivity index (χ4v) is 1.97. The van der Waals surface area contributed by atoms with Crippen molar-refractivity contribution in [2.24, 2.45) is 0 Å². The fourth-order valence-electron chi connectivity index (χ4n) is 1.46. The third-order valence-corrected chi connectivity index (χ3v) is 3.26. The summed E-state index contributed by atoms with van der Waals surface area (Å²) in [4.78, 5) is 4.32. The van der Waals surface area contributed by atoms with E-state index in [9.17, 15) is 0 Å². The molecule has 2 rings (SSSR count). The molecule has 0 aliphatic heterocycles. The Morgan fingerprint density at radius 2 is 2.28 bits per heavy atom. The molecule has 0 atom stereocenters. The SMILES string of the molecule is CCSCc1noc(-c2cc(OC)ccc2N)n1. The highest BCUT2D eigenvalue weighted by Gasteiger charge is 2.12. The predicted octanol–water partition coefficient (Wildman–Crippen LogP) is 2.58. The van der Waals surface area contributed by atoms with Crippen molar-refractivity contribution in [1.82, 2.24) is 10.1 Å². The van der Waals surface area contributed by atoms with E-state index in [0.717, 1.165) is 11.5 Å². The van der Waals surface area contributed by atoms with Gasteiger partial charge in [-0.2, -0.15) is 16.7 Å². The van der Waals surface area contributed by atoms with Crippen LogP contribution in [0.4, 0.5) is 5.69 Å². The first kappa shape index (κ1) is 12.8. The smallest absolute Gasteiger partial charge is 0.260 e. The van der Waals surface area contributed by atoms with Crippen LogP contribution >= 0.6 is 11.8 Å². The van der Waals surface area contributed by atoms with Crippen LogP contribution in [0, 0.1) is 0 Å². The minimum Gasteiger partial charge on any atom is -0.497 e. The van der Waals surface area contributed by atoms with Gasteiger partial charge in [0.25, 0.3) is 5.89 Å². The molecule has 2 N–H and O–H groups in total. The van der Waals surface area contributed by atoms with Gasteiger partial charge in [-0.25, -0.2) is 0 Å². The van der Waals surface area contributed by atoms with E-state index in [-0.39, 0.29) is 0 Å². The largest absolute Gasteiger partial charge is 0.497 e. The summed E-state index contributed by atoms with van der Waals surface area (Å²) in [6.07, 6.45) is 0. The molecule has 0 fully saturated rings. The second-order valence-corrected chi connectivity index (χ2v) is 4.88. The maximum atomic E-state index is 5.90. The van der Waals surface area contributed by atoms with Crippen LogP contribution in [0.3, 0.4) is 0 Å². The second-order valence-electron chi connectivity index (χ2n) is 3.61. The van der Waals surface area contributed by atoms with Crippen molar-refractivity contribution in [3.8, 4) is 17.2 Å². The molecular formula is C12H15N3O2S. The number of hydrogen-bond donors (Lipinski definition) is 1. The van der Waals surface area contributed by atoms with Gasteiger partial charge in [-0.05, 0) is 24.0 Å². The van der Waals surface area contributed by atoms with Crippen LogP contribution in [-0.4, -0.2) is 23.0 Å². The van der Waals surface area contributed by atoms with Gasteiger partial charge in [-0.3, -0.25) is 0 Å². The third kappa shape index (κ3) is 2.76. The van der Waals surface area contributed by atoms with Crippen LogP contribution in [0.25, 0.3) is 11.5 Å². The number of hydrogen-bond acceptors (Lipinski definition) is 6. The van der Waals surface area contributed by atoms with Gasteiger partial charge in [0, 0.05) is 5.69 Å². The Balaban J connectivity index is 2.27. The number of nitrogens with zero attached hydrogens (tertiary/aromatic N) is 2. The zero-order valence-electron chi connectivity index (χ0n) is 10.3. The number of methoxy groups -OCH3 is 1. The highest BCUT2D eigenvalue weighted by Crippen LogP contribution is 2.28. The molecule has 0 spiro atoms. The van der Waals surface area contributed by atoms with E-state index in [0.29, 0.717) is 28.7 Å². The van der Waals surface area contributed by atoms with Gasteiger partial charge in [-0.15, -0.1) is 0 Å². The molecule has 0 amide bonds. The lowest BCUT2D eigenvalue weighted by atomic mass is 10.1. The van der Waals surface area contributed by atoms with Crippen molar-refractivity contribution in [3.63, 3.8) is 0 Å². The van der Waals surface area contributed by atoms with E-state index in [4.69, 9.17) is 15.0 Å². The molecule has 1 aromatic heterocycles. The Labute approximate surface area is 110 Å². The maximum Gasteiger partial charge on any atom is 0.260 e. The minimum absolute atomic E-state index is 0.429. The van der Waals surface area contributed by atoms with Crippen LogP contribution < -0.4 is 10.5 Å². The van der Waals surface area contributed by atoms with Gasteiger partial charge >= 0.3 is 0 Å². The van der Waals surface area contributed by atoms with E-state index in [2.05, 4.69) is 17.1 Å². The monoisotopic (exact) mass is 265 g/mol. The summed E-state index contributed by atoms with van der Waals surface area (Å²) < 4.78 is 10.4. The first-order chi connectivity index (χ1) is 8.74. The number of benzene rings is 1. The van der Waals surface area contributed by atoms with Crippen LogP contribution in [0.15, 0.2) is 22.7 Å². The highest BCUT2D eigenvalue weighted by atomic mass is 32.2. The second kappa shape index (κ2) is 5.77. The Bertz CT molecular complexity index is 528. The normalized spacial score (nSPS) is 10.6. The summed E-state index contributed by atoms with van der Waals surface area (Å²) in [6, 6.07) is 5.35. The molecule has 1 aromatic carbocycles. The van der Waals surface area contributed by atoms with E-state index in [1.54, 1.807) is 37.1 Å². The first-order valence-electron chi connectivity index (χ1n) is 5.58. The standard InChI is InChI=1S/C12H15N3O2S/c1-3-18-7-11-14-12(17-15-11)9-6-8(16-2)4-5-10(9)13/h4-6H,3,7,13H2,1-2H3. The predicted molar refractivity (Wildman–Crippen MR) is 72.5 cm³/mol. The lowest BCUT2D eigenvalue weighted by molar-refractivity contribution is 0.412. The minimum atomic E-state index is 0.429. The fraction of sp³-hybridized carbons (Fsp3) is 0.333. The molecule has 0 saturated heterocycles. The molecule has 5 nitrogen and oxygen atoms in total. The number of rotatable bonds is 5. The number of nitrogen functional groups attached to an aromatic ring is 1. The Morgan fingerprint density at radius 3 is 3.00 bits per heavy atom. The average Bonchev–Trinajstić information content (AvgIpc) is 2.85. The summed E-state index contributed by atoms with van der Waals surface area (Å²) in [5.41, 5.74) is 7.19. The third-order valence-electron chi connectivity index (χ3n) is 2.39. The zero-order chi connectivity index (χ0) is 13.0. The quantitative estimate of drug-likeness (QED) is 0.837. The molecule has 0 radical (unpaired) electrons. The summed E-state index contributed by atoms with van der Waals surface area (Å²) in [7, 11) is 1.60. The summed E-state index contributed by atoms with van der Waals surface area (Å²) in [5.74, 6) is 3.58. The van der Waals surface area contributed by atoms with Crippen molar-refractivity contribution < 1.29 is 9.26 Å². The molecule has 96 valence electrons. The number of thioether (sulfide) groups is 1. The van der Waals surface area contributed by atoms with Crippen molar-refractivity contribution >= 4 is 17.4 Å². The molecule has 0 saturated carbocycles. The van der Waals surface area contributed by atoms with Gasteiger partial charge in [0.2, 0.25) is 0 Å². The molecule has 18 heavy (non-hydrogen) atoms. The van der Waals surface area contributed by atoms with E-state index < -0.39 is 0 Å². The molecule has 0 unspecified atom stereocenters. The van der Waals surface area contributed by atoms with Crippen LogP contribution in [0.2, 0.25) is 0 Å². The molecule has 0 aliphatic rings. The van der Waals surface area contributed by atoms with Crippen molar-refractivity contribution in [3.05, 3.63) is 24.0 Å². The Morgan fingerprint density at radius 1 is 1.44 bits per heavy atom. The topological polar surface area (TPSA) is 74.2 Å². The van der Waals surface area contributed by atoms with Crippen molar-refractivity contribution in [1.29, 1.82) is 0 Å². The highest BCUT2D eigenvalue weighted by molar-refractivity contribution is 7.98. The van der Waals surface area contributed by atoms with Gasteiger partial charge in [0.15, 0.2) is 5.82 Å². The molecule has 0 aliphatic carbocycles. The Kier molecular flexibility index (Phi) is 4.09. The Hall–Kier alpha value is -1.69. The van der Waals surface area contributed by atoms with E-state index >= 15 is 0 Å². The molecular weight excluding hydrogens is 250 g/mol. The van der Waals surface area contributed by atoms with Gasteiger partial charge in [-0.1, -0.05) is 12.1 Å². The number of aromatic nitrogens is 2. The molecule has 6 heteroatoms. The summed E-state index contributed by atoms with van der Waals surface area (Å²) in [6.45, 7) is 2.09. The number of nitrogens with two attached hydrogens (primary N) is 1. The maximum absolute atomic E-state index is 5.90. The molecule has 2 aromatic rings. The summed E-state index contributed by atoms with van der Waals surface area (Å²) >= 11 is 1.74. The van der Waals surface area contributed by atoms with E-state index in [1.807, 2.05) is 0 Å². The first-order valence-corrected chi connectivity index (χ1v) is 6.74. The summed E-state index contributed by atoms with van der Waals surface area (Å²) in [5, 5.41) is 3.92. The van der Waals surface area contributed by atoms with Gasteiger partial charge in [0.05, 0.1) is 18.4 Å². The van der Waals surface area contributed by atoms with Gasteiger partial charge in [0.1, 0.15) is 5.75 Å². The average molecular weight is 265 g/mol. The molecule has 1 heterocycles. The van der Waals surface area contributed by atoms with Crippen LogP contribution in [0.5, 0.6) is 5.75 Å². The van der Waals surface area contributed by atoms with Crippen LogP contribution in [-0.2, 0) is 5.75 Å². The number of ether oxygens (including phenoxy) is 1. The lowest BCUT2D eigenvalue weighted by Crippen LogP contribution is -1.92. The van der Waals surface area contributed by atoms with E-state index in [1.165, 1.54) is 0 Å². The zero-order valence-corrected chi connectivity index (χ0v) is 11.2. The van der Waals surface area contributed by atoms with Crippen molar-refractivity contribution in [2.75, 3.05) is 18.6 Å². The molecule has 0 bridgehead atoms. The number of anilines is 1.